The predicted molar refractivity (Wildman–Crippen MR) is 101 cm³/mol. The van der Waals surface area contributed by atoms with E-state index in [0.29, 0.717) is 12.2 Å². The van der Waals surface area contributed by atoms with E-state index in [9.17, 15) is 4.79 Å². The minimum Gasteiger partial charge on any atom is -0.491 e. The van der Waals surface area contributed by atoms with Crippen LogP contribution in [0.1, 0.15) is 24.5 Å². The monoisotopic (exact) mass is 342 g/mol. The Hall–Kier alpha value is -2.53. The highest BCUT2D eigenvalue weighted by Crippen LogP contribution is 2.19. The Kier molecular flexibility index (Phi) is 6.83. The zero-order valence-electron chi connectivity index (χ0n) is 15.0. The molecule has 0 aliphatic heterocycles. The third-order valence-corrected chi connectivity index (χ3v) is 4.00. The van der Waals surface area contributed by atoms with Gasteiger partial charge in [0, 0.05) is 23.8 Å². The van der Waals surface area contributed by atoms with E-state index in [0.717, 1.165) is 22.5 Å². The normalized spacial score (nSPS) is 11.7. The Balaban J connectivity index is 1.85. The number of nitrogens with one attached hydrogen (secondary N) is 2. The number of carbonyl (C=O) groups excluding carboxylic acids is 1. The molecule has 0 aromatic heterocycles. The number of rotatable bonds is 8. The fourth-order valence-electron chi connectivity index (χ4n) is 2.51. The smallest absolute Gasteiger partial charge is 0.226 e. The van der Waals surface area contributed by atoms with Gasteiger partial charge in [-0.05, 0) is 62.2 Å². The van der Waals surface area contributed by atoms with Crippen molar-refractivity contribution in [2.24, 2.45) is 0 Å². The van der Waals surface area contributed by atoms with Crippen LogP contribution in [0.3, 0.4) is 0 Å². The van der Waals surface area contributed by atoms with Crippen molar-refractivity contribution < 1.29 is 14.6 Å². The minimum atomic E-state index is -0.0170. The van der Waals surface area contributed by atoms with Crippen LogP contribution in [-0.4, -0.2) is 30.3 Å². The van der Waals surface area contributed by atoms with Crippen molar-refractivity contribution in [1.82, 2.24) is 0 Å². The van der Waals surface area contributed by atoms with E-state index in [1.165, 1.54) is 0 Å². The van der Waals surface area contributed by atoms with E-state index in [1.807, 2.05) is 63.2 Å². The van der Waals surface area contributed by atoms with Gasteiger partial charge >= 0.3 is 0 Å². The molecule has 0 aliphatic rings. The number of benzene rings is 2. The average molecular weight is 342 g/mol. The van der Waals surface area contributed by atoms with Crippen molar-refractivity contribution in [3.8, 4) is 5.75 Å². The molecule has 0 spiro atoms. The molecule has 5 heteroatoms. The summed E-state index contributed by atoms with van der Waals surface area (Å²) in [4.78, 5) is 12.3. The molecule has 25 heavy (non-hydrogen) atoms. The molecule has 0 aliphatic carbocycles. The first-order valence-corrected chi connectivity index (χ1v) is 8.46. The lowest BCUT2D eigenvalue weighted by atomic mass is 10.1. The maximum atomic E-state index is 12.3. The van der Waals surface area contributed by atoms with Crippen molar-refractivity contribution in [2.45, 2.75) is 33.2 Å². The van der Waals surface area contributed by atoms with Gasteiger partial charge in [-0.2, -0.15) is 0 Å². The molecule has 0 radical (unpaired) electrons. The number of amides is 1. The summed E-state index contributed by atoms with van der Waals surface area (Å²) in [6.45, 7) is 6.28. The highest BCUT2D eigenvalue weighted by atomic mass is 16.5. The van der Waals surface area contributed by atoms with Gasteiger partial charge in [0.1, 0.15) is 12.4 Å². The van der Waals surface area contributed by atoms with Crippen LogP contribution in [-0.2, 0) is 4.79 Å². The number of ether oxygens (including phenoxy) is 1. The number of aliphatic hydroxyl groups is 1. The molecule has 1 amide bonds. The summed E-state index contributed by atoms with van der Waals surface area (Å²) in [5.41, 5.74) is 4.04. The molecule has 1 unspecified atom stereocenters. The van der Waals surface area contributed by atoms with E-state index in [-0.39, 0.29) is 25.2 Å². The van der Waals surface area contributed by atoms with E-state index in [2.05, 4.69) is 10.6 Å². The third kappa shape index (κ3) is 5.80. The van der Waals surface area contributed by atoms with Crippen LogP contribution in [0.25, 0.3) is 0 Å². The van der Waals surface area contributed by atoms with E-state index in [4.69, 9.17) is 9.84 Å². The van der Waals surface area contributed by atoms with Crippen LogP contribution in [0.2, 0.25) is 0 Å². The summed E-state index contributed by atoms with van der Waals surface area (Å²) in [5, 5.41) is 15.0. The number of aryl methyl sites for hydroxylation is 1. The van der Waals surface area contributed by atoms with E-state index < -0.39 is 0 Å². The molecule has 1 atom stereocenters. The van der Waals surface area contributed by atoms with Crippen molar-refractivity contribution in [3.05, 3.63) is 53.6 Å². The van der Waals surface area contributed by atoms with E-state index >= 15 is 0 Å². The van der Waals surface area contributed by atoms with Gasteiger partial charge in [-0.25, -0.2) is 0 Å². The Morgan fingerprint density at radius 1 is 1.16 bits per heavy atom. The Labute approximate surface area is 149 Å². The fourth-order valence-corrected chi connectivity index (χ4v) is 2.51. The van der Waals surface area contributed by atoms with Crippen LogP contribution < -0.4 is 15.4 Å². The summed E-state index contributed by atoms with van der Waals surface area (Å²) in [6, 6.07) is 13.3. The molecule has 0 saturated heterocycles. The summed E-state index contributed by atoms with van der Waals surface area (Å²) in [6.07, 6.45) is 0.371. The molecule has 2 aromatic rings. The molecule has 0 saturated carbocycles. The van der Waals surface area contributed by atoms with Gasteiger partial charge in [0.15, 0.2) is 0 Å². The number of carbonyl (C=O) groups is 1. The van der Waals surface area contributed by atoms with Gasteiger partial charge in [0.2, 0.25) is 5.91 Å². The Bertz CT molecular complexity index is 699. The van der Waals surface area contributed by atoms with E-state index in [1.54, 1.807) is 0 Å². The van der Waals surface area contributed by atoms with Crippen molar-refractivity contribution in [2.75, 3.05) is 23.8 Å². The molecule has 0 bridgehead atoms. The summed E-state index contributed by atoms with van der Waals surface area (Å²) in [5.74, 6) is 0.691. The lowest BCUT2D eigenvalue weighted by Crippen LogP contribution is -2.24. The first-order chi connectivity index (χ1) is 12.0. The molecule has 2 aromatic carbocycles. The quantitative estimate of drug-likeness (QED) is 0.687. The number of hydrogen-bond acceptors (Lipinski definition) is 4. The minimum absolute atomic E-state index is 0.00525. The van der Waals surface area contributed by atoms with Crippen LogP contribution in [0.4, 0.5) is 11.4 Å². The van der Waals surface area contributed by atoms with Gasteiger partial charge in [-0.1, -0.05) is 12.1 Å². The maximum Gasteiger partial charge on any atom is 0.226 e. The second-order valence-corrected chi connectivity index (χ2v) is 6.14. The lowest BCUT2D eigenvalue weighted by molar-refractivity contribution is -0.116. The maximum absolute atomic E-state index is 12.3. The first-order valence-electron chi connectivity index (χ1n) is 8.46. The van der Waals surface area contributed by atoms with Gasteiger partial charge in [0.05, 0.1) is 6.61 Å². The van der Waals surface area contributed by atoms with Crippen molar-refractivity contribution in [1.29, 1.82) is 0 Å². The highest BCUT2D eigenvalue weighted by Gasteiger charge is 2.11. The molecule has 134 valence electrons. The largest absolute Gasteiger partial charge is 0.491 e. The summed E-state index contributed by atoms with van der Waals surface area (Å²) >= 11 is 0. The molecule has 2 rings (SSSR count). The molecular weight excluding hydrogens is 316 g/mol. The topological polar surface area (TPSA) is 70.6 Å². The van der Waals surface area contributed by atoms with Gasteiger partial charge < -0.3 is 20.5 Å². The predicted octanol–water partition coefficient (Wildman–Crippen LogP) is 3.50. The number of aliphatic hydroxyl groups excluding tert-OH is 1. The first kappa shape index (κ1) is 18.8. The Morgan fingerprint density at radius 2 is 1.88 bits per heavy atom. The number of hydrogen-bond donors (Lipinski definition) is 3. The summed E-state index contributed by atoms with van der Waals surface area (Å²) in [7, 11) is 0. The van der Waals surface area contributed by atoms with Gasteiger partial charge in [0.25, 0.3) is 0 Å². The number of anilines is 2. The van der Waals surface area contributed by atoms with Crippen LogP contribution in [0.5, 0.6) is 5.75 Å². The molecule has 0 heterocycles. The van der Waals surface area contributed by atoms with Gasteiger partial charge in [-0.3, -0.25) is 4.79 Å². The standard InChI is InChI=1S/C20H26N2O3/c1-14-5-4-6-19(16(14)3)22-20(24)13-15(2)21-17-7-9-18(10-8-17)25-12-11-23/h4-10,15,21,23H,11-13H2,1-3H3,(H,22,24). The van der Waals surface area contributed by atoms with Crippen molar-refractivity contribution in [3.63, 3.8) is 0 Å². The van der Waals surface area contributed by atoms with Crippen LogP contribution in [0, 0.1) is 13.8 Å². The molecule has 5 nitrogen and oxygen atoms in total. The molecular formula is C20H26N2O3. The zero-order valence-corrected chi connectivity index (χ0v) is 15.0. The second-order valence-electron chi connectivity index (χ2n) is 6.14. The molecule has 0 fully saturated rings. The van der Waals surface area contributed by atoms with Crippen molar-refractivity contribution >= 4 is 17.3 Å². The van der Waals surface area contributed by atoms with Gasteiger partial charge in [-0.15, -0.1) is 0 Å². The fraction of sp³-hybridized carbons (Fsp3) is 0.350. The van der Waals surface area contributed by atoms with Crippen LogP contribution in [0.15, 0.2) is 42.5 Å². The third-order valence-electron chi connectivity index (χ3n) is 4.00. The average Bonchev–Trinajstić information content (AvgIpc) is 2.58. The van der Waals surface area contributed by atoms with Crippen LogP contribution >= 0.6 is 0 Å². The SMILES string of the molecule is Cc1cccc(NC(=O)CC(C)Nc2ccc(OCCO)cc2)c1C. The lowest BCUT2D eigenvalue weighted by Gasteiger charge is -2.16. The zero-order chi connectivity index (χ0) is 18.2. The summed E-state index contributed by atoms with van der Waals surface area (Å²) < 4.78 is 5.32. The Morgan fingerprint density at radius 3 is 2.56 bits per heavy atom. The molecule has 3 N–H and O–H groups in total. The highest BCUT2D eigenvalue weighted by molar-refractivity contribution is 5.92. The second kappa shape index (κ2) is 9.08.